The molecule has 2 aromatic rings. The highest BCUT2D eigenvalue weighted by Gasteiger charge is 2.37. The summed E-state index contributed by atoms with van der Waals surface area (Å²) in [5.41, 5.74) is 1.98. The maximum atomic E-state index is 11.2. The fourth-order valence-corrected chi connectivity index (χ4v) is 3.82. The number of aliphatic hydroxyl groups is 1. The Kier molecular flexibility index (Phi) is 5.19. The third-order valence-electron chi connectivity index (χ3n) is 5.41. The molecule has 28 heavy (non-hydrogen) atoms. The molecule has 0 atom stereocenters. The number of ether oxygens (including phenoxy) is 3. The summed E-state index contributed by atoms with van der Waals surface area (Å²) in [4.78, 5) is 10.7. The number of hydrogen-bond donors (Lipinski definition) is 1. The van der Waals surface area contributed by atoms with Crippen LogP contribution in [0.1, 0.15) is 24.0 Å². The number of nitrogens with zero attached hydrogens (tertiary/aromatic N) is 3. The first kappa shape index (κ1) is 18.7. The molecule has 2 aliphatic rings. The second-order valence-electron chi connectivity index (χ2n) is 7.22. The van der Waals surface area contributed by atoms with Crippen LogP contribution in [-0.2, 0) is 5.60 Å². The van der Waals surface area contributed by atoms with E-state index in [1.807, 2.05) is 18.2 Å². The Labute approximate surface area is 164 Å². The van der Waals surface area contributed by atoms with Gasteiger partial charge in [0.25, 0.3) is 0 Å². The first-order valence-electron chi connectivity index (χ1n) is 9.43. The summed E-state index contributed by atoms with van der Waals surface area (Å²) in [5, 5.41) is 11.2. The van der Waals surface area contributed by atoms with E-state index in [2.05, 4.69) is 27.0 Å². The number of methoxy groups -OCH3 is 2. The highest BCUT2D eigenvalue weighted by Crippen LogP contribution is 2.37. The summed E-state index contributed by atoms with van der Waals surface area (Å²) in [6.45, 7) is 2.98. The molecule has 0 radical (unpaired) electrons. The minimum atomic E-state index is -1.00. The molecule has 1 aromatic carbocycles. The van der Waals surface area contributed by atoms with Gasteiger partial charge in [-0.15, -0.1) is 0 Å². The van der Waals surface area contributed by atoms with Crippen molar-refractivity contribution in [2.24, 2.45) is 0 Å². The summed E-state index contributed by atoms with van der Waals surface area (Å²) < 4.78 is 16.3. The maximum absolute atomic E-state index is 11.2. The number of hydrogen-bond acceptors (Lipinski definition) is 7. The van der Waals surface area contributed by atoms with Crippen molar-refractivity contribution >= 4 is 6.08 Å². The third kappa shape index (κ3) is 3.68. The molecule has 3 heterocycles. The molecule has 1 fully saturated rings. The van der Waals surface area contributed by atoms with Crippen LogP contribution in [0.15, 0.2) is 36.0 Å². The molecule has 2 aliphatic heterocycles. The lowest BCUT2D eigenvalue weighted by Gasteiger charge is -2.39. The monoisotopic (exact) mass is 383 g/mol. The summed E-state index contributed by atoms with van der Waals surface area (Å²) >= 11 is 0. The van der Waals surface area contributed by atoms with Gasteiger partial charge in [-0.05, 0) is 30.6 Å². The molecule has 7 nitrogen and oxygen atoms in total. The van der Waals surface area contributed by atoms with E-state index < -0.39 is 5.60 Å². The Balaban J connectivity index is 1.43. The number of aromatic nitrogens is 2. The van der Waals surface area contributed by atoms with Crippen LogP contribution in [0.2, 0.25) is 0 Å². The summed E-state index contributed by atoms with van der Waals surface area (Å²) in [7, 11) is 3.04. The van der Waals surface area contributed by atoms with Crippen LogP contribution in [0.5, 0.6) is 17.6 Å². The molecule has 4 rings (SSSR count). The Morgan fingerprint density at radius 2 is 1.96 bits per heavy atom. The van der Waals surface area contributed by atoms with Gasteiger partial charge in [0.1, 0.15) is 12.4 Å². The number of benzene rings is 1. The molecule has 1 saturated heterocycles. The van der Waals surface area contributed by atoms with Crippen molar-refractivity contribution in [3.63, 3.8) is 0 Å². The van der Waals surface area contributed by atoms with Gasteiger partial charge in [0, 0.05) is 31.4 Å². The number of piperidine rings is 1. The van der Waals surface area contributed by atoms with E-state index in [4.69, 9.17) is 14.2 Å². The van der Waals surface area contributed by atoms with Gasteiger partial charge in [0.05, 0.1) is 25.4 Å². The van der Waals surface area contributed by atoms with Crippen LogP contribution in [0.3, 0.4) is 0 Å². The van der Waals surface area contributed by atoms with Crippen LogP contribution >= 0.6 is 0 Å². The van der Waals surface area contributed by atoms with E-state index in [9.17, 15) is 5.11 Å². The largest absolute Gasteiger partial charge is 0.489 e. The number of para-hydroxylation sites is 1. The Morgan fingerprint density at radius 3 is 2.71 bits per heavy atom. The molecule has 0 unspecified atom stereocenters. The van der Waals surface area contributed by atoms with Crippen LogP contribution in [0, 0.1) is 0 Å². The lowest BCUT2D eigenvalue weighted by molar-refractivity contribution is -0.0265. The first-order valence-corrected chi connectivity index (χ1v) is 9.43. The molecular formula is C21H25N3O4. The quantitative estimate of drug-likeness (QED) is 0.849. The zero-order valence-corrected chi connectivity index (χ0v) is 16.2. The Morgan fingerprint density at radius 1 is 1.18 bits per heavy atom. The molecule has 1 aromatic heterocycles. The summed E-state index contributed by atoms with van der Waals surface area (Å²) in [5.74, 6) is 1.30. The highest BCUT2D eigenvalue weighted by molar-refractivity contribution is 5.62. The predicted molar refractivity (Wildman–Crippen MR) is 105 cm³/mol. The standard InChI is InChI=1S/C21H25N3O4/c1-26-19-17(12-22-20(23-19)27-2)21(25)7-9-24(10-8-21)13-15-11-16-5-3-4-6-18(16)28-14-15/h3-6,11-12,25H,7-10,13-14H2,1-2H3. The highest BCUT2D eigenvalue weighted by atomic mass is 16.5. The van der Waals surface area contributed by atoms with Crippen LogP contribution in [0.4, 0.5) is 0 Å². The molecule has 148 valence electrons. The molecule has 1 N–H and O–H groups in total. The van der Waals surface area contributed by atoms with Gasteiger partial charge >= 0.3 is 6.01 Å². The van der Waals surface area contributed by atoms with Gasteiger partial charge in [-0.2, -0.15) is 4.98 Å². The lowest BCUT2D eigenvalue weighted by Crippen LogP contribution is -2.44. The van der Waals surface area contributed by atoms with Crippen molar-refractivity contribution in [3.05, 3.63) is 47.2 Å². The minimum absolute atomic E-state index is 0.228. The molecular weight excluding hydrogens is 358 g/mol. The van der Waals surface area contributed by atoms with Crippen molar-refractivity contribution in [1.82, 2.24) is 14.9 Å². The van der Waals surface area contributed by atoms with E-state index in [1.165, 1.54) is 19.8 Å². The normalized spacial score (nSPS) is 18.6. The van der Waals surface area contributed by atoms with Gasteiger partial charge in [-0.25, -0.2) is 4.98 Å². The van der Waals surface area contributed by atoms with E-state index in [0.29, 0.717) is 30.9 Å². The molecule has 0 amide bonds. The lowest BCUT2D eigenvalue weighted by atomic mass is 9.85. The first-order chi connectivity index (χ1) is 13.6. The fourth-order valence-electron chi connectivity index (χ4n) is 3.82. The SMILES string of the molecule is COc1ncc(C2(O)CCN(CC3=Cc4ccccc4OC3)CC2)c(OC)n1. The van der Waals surface area contributed by atoms with Crippen molar-refractivity contribution in [2.45, 2.75) is 18.4 Å². The van der Waals surface area contributed by atoms with Gasteiger partial charge in [-0.1, -0.05) is 18.2 Å². The molecule has 0 aliphatic carbocycles. The van der Waals surface area contributed by atoms with Crippen molar-refractivity contribution in [2.75, 3.05) is 40.5 Å². The summed E-state index contributed by atoms with van der Waals surface area (Å²) in [6.07, 6.45) is 4.99. The van der Waals surface area contributed by atoms with Crippen LogP contribution in [-0.4, -0.2) is 60.4 Å². The van der Waals surface area contributed by atoms with E-state index in [1.54, 1.807) is 6.20 Å². The molecule has 0 saturated carbocycles. The Hall–Kier alpha value is -2.64. The number of likely N-dealkylation sites (tertiary alicyclic amines) is 1. The molecule has 7 heteroatoms. The Bertz CT molecular complexity index is 876. The van der Waals surface area contributed by atoms with Crippen LogP contribution < -0.4 is 14.2 Å². The number of fused-ring (bicyclic) bond motifs is 1. The van der Waals surface area contributed by atoms with Crippen molar-refractivity contribution in [1.29, 1.82) is 0 Å². The maximum Gasteiger partial charge on any atom is 0.319 e. The van der Waals surface area contributed by atoms with Crippen molar-refractivity contribution in [3.8, 4) is 17.6 Å². The molecule has 0 bridgehead atoms. The van der Waals surface area contributed by atoms with Gasteiger partial charge < -0.3 is 19.3 Å². The average molecular weight is 383 g/mol. The number of rotatable bonds is 5. The molecule has 0 spiro atoms. The second-order valence-corrected chi connectivity index (χ2v) is 7.22. The zero-order chi connectivity index (χ0) is 19.6. The smallest absolute Gasteiger partial charge is 0.319 e. The third-order valence-corrected chi connectivity index (χ3v) is 5.41. The zero-order valence-electron chi connectivity index (χ0n) is 16.2. The average Bonchev–Trinajstić information content (AvgIpc) is 2.75. The van der Waals surface area contributed by atoms with E-state index in [0.717, 1.165) is 30.9 Å². The van der Waals surface area contributed by atoms with E-state index in [-0.39, 0.29) is 6.01 Å². The predicted octanol–water partition coefficient (Wildman–Crippen LogP) is 2.25. The van der Waals surface area contributed by atoms with Gasteiger partial charge in [-0.3, -0.25) is 4.90 Å². The van der Waals surface area contributed by atoms with Gasteiger partial charge in [0.15, 0.2) is 0 Å². The topological polar surface area (TPSA) is 76.9 Å². The summed E-state index contributed by atoms with van der Waals surface area (Å²) in [6, 6.07) is 8.30. The van der Waals surface area contributed by atoms with Crippen LogP contribution in [0.25, 0.3) is 6.08 Å². The minimum Gasteiger partial charge on any atom is -0.489 e. The van der Waals surface area contributed by atoms with E-state index >= 15 is 0 Å². The van der Waals surface area contributed by atoms with Gasteiger partial charge in [0.2, 0.25) is 5.88 Å². The fraction of sp³-hybridized carbons (Fsp3) is 0.429. The second kappa shape index (κ2) is 7.77. The van der Waals surface area contributed by atoms with Crippen molar-refractivity contribution < 1.29 is 19.3 Å².